The summed E-state index contributed by atoms with van der Waals surface area (Å²) in [6.45, 7) is 8.31. The molecule has 1 amide bonds. The quantitative estimate of drug-likeness (QED) is 0.814. The zero-order valence-corrected chi connectivity index (χ0v) is 16.5. The molecular weight excluding hydrogens is 338 g/mol. The maximum Gasteiger partial charge on any atom is 0.266 e. The van der Waals surface area contributed by atoms with Crippen LogP contribution < -0.4 is 5.56 Å². The molecule has 1 N–H and O–H groups in total. The molecule has 1 unspecified atom stereocenters. The van der Waals surface area contributed by atoms with Crippen molar-refractivity contribution in [2.24, 2.45) is 0 Å². The largest absolute Gasteiger partial charge is 0.336 e. The minimum atomic E-state index is -0.368. The summed E-state index contributed by atoms with van der Waals surface area (Å²) in [7, 11) is 0. The van der Waals surface area contributed by atoms with Crippen molar-refractivity contribution in [3.63, 3.8) is 0 Å². The van der Waals surface area contributed by atoms with Crippen LogP contribution in [-0.4, -0.2) is 21.8 Å². The smallest absolute Gasteiger partial charge is 0.266 e. The van der Waals surface area contributed by atoms with Crippen molar-refractivity contribution in [2.75, 3.05) is 0 Å². The van der Waals surface area contributed by atoms with Gasteiger partial charge in [-0.05, 0) is 50.3 Å². The predicted molar refractivity (Wildman–Crippen MR) is 106 cm³/mol. The van der Waals surface area contributed by atoms with Gasteiger partial charge in [0.15, 0.2) is 0 Å². The van der Waals surface area contributed by atoms with Gasteiger partial charge < -0.3 is 9.88 Å². The Morgan fingerprint density at radius 1 is 1.26 bits per heavy atom. The van der Waals surface area contributed by atoms with Crippen molar-refractivity contribution in [2.45, 2.75) is 59.5 Å². The molecule has 0 spiro atoms. The van der Waals surface area contributed by atoms with Crippen molar-refractivity contribution in [3.8, 4) is 6.07 Å². The molecule has 1 aromatic carbocycles. The summed E-state index contributed by atoms with van der Waals surface area (Å²) >= 11 is 0. The van der Waals surface area contributed by atoms with E-state index in [1.165, 1.54) is 0 Å². The summed E-state index contributed by atoms with van der Waals surface area (Å²) in [6, 6.07) is 12.1. The number of H-pyrrole nitrogens is 1. The molecule has 5 nitrogen and oxygen atoms in total. The van der Waals surface area contributed by atoms with Crippen LogP contribution >= 0.6 is 0 Å². The Balaban J connectivity index is 2.19. The first-order valence-electron chi connectivity index (χ1n) is 9.34. The number of carbonyl (C=O) groups excluding carboxylic acids is 1. The zero-order chi connectivity index (χ0) is 20.0. The number of benzene rings is 1. The van der Waals surface area contributed by atoms with Gasteiger partial charge in [0.25, 0.3) is 5.56 Å². The number of nitriles is 1. The highest BCUT2D eigenvalue weighted by molar-refractivity contribution is 5.77. The van der Waals surface area contributed by atoms with Crippen LogP contribution in [0, 0.1) is 25.2 Å². The highest BCUT2D eigenvalue weighted by Crippen LogP contribution is 2.18. The van der Waals surface area contributed by atoms with Gasteiger partial charge in [0, 0.05) is 24.7 Å². The Labute approximate surface area is 160 Å². The fourth-order valence-corrected chi connectivity index (χ4v) is 3.29. The van der Waals surface area contributed by atoms with Crippen LogP contribution in [-0.2, 0) is 17.8 Å². The molecule has 142 valence electrons. The molecule has 1 heterocycles. The van der Waals surface area contributed by atoms with E-state index in [4.69, 9.17) is 0 Å². The number of rotatable bonds is 7. The molecule has 0 aliphatic heterocycles. The van der Waals surface area contributed by atoms with Crippen LogP contribution in [0.1, 0.15) is 54.6 Å². The second-order valence-electron chi connectivity index (χ2n) is 6.93. The van der Waals surface area contributed by atoms with Gasteiger partial charge in [-0.15, -0.1) is 0 Å². The number of aromatic amines is 1. The van der Waals surface area contributed by atoms with Crippen LogP contribution in [0.4, 0.5) is 0 Å². The highest BCUT2D eigenvalue weighted by Gasteiger charge is 2.20. The third-order valence-electron chi connectivity index (χ3n) is 5.15. The fraction of sp³-hybridized carbons (Fsp3) is 0.409. The molecule has 2 aromatic rings. The second-order valence-corrected chi connectivity index (χ2v) is 6.93. The van der Waals surface area contributed by atoms with E-state index in [0.717, 1.165) is 23.2 Å². The Morgan fingerprint density at radius 3 is 2.52 bits per heavy atom. The fourth-order valence-electron chi connectivity index (χ4n) is 3.29. The SMILES string of the molecule is CCC(C)N(Cc1ccccc1)C(=O)CCc1c(C)[nH]c(=O)c(C#N)c1C. The van der Waals surface area contributed by atoms with E-state index in [9.17, 15) is 14.9 Å². The number of hydrogen-bond acceptors (Lipinski definition) is 3. The Morgan fingerprint density at radius 2 is 1.93 bits per heavy atom. The van der Waals surface area contributed by atoms with Crippen molar-refractivity contribution < 1.29 is 4.79 Å². The lowest BCUT2D eigenvalue weighted by Crippen LogP contribution is -2.38. The van der Waals surface area contributed by atoms with Gasteiger partial charge in [-0.2, -0.15) is 5.26 Å². The Bertz CT molecular complexity index is 894. The van der Waals surface area contributed by atoms with Crippen LogP contribution in [0.5, 0.6) is 0 Å². The molecule has 0 aliphatic carbocycles. The Hall–Kier alpha value is -2.87. The van der Waals surface area contributed by atoms with E-state index in [2.05, 4.69) is 18.8 Å². The Kier molecular flexibility index (Phi) is 6.95. The lowest BCUT2D eigenvalue weighted by molar-refractivity contribution is -0.134. The van der Waals surface area contributed by atoms with E-state index >= 15 is 0 Å². The van der Waals surface area contributed by atoms with Crippen LogP contribution in [0.2, 0.25) is 0 Å². The van der Waals surface area contributed by atoms with Gasteiger partial charge in [-0.1, -0.05) is 37.3 Å². The van der Waals surface area contributed by atoms with Gasteiger partial charge in [-0.25, -0.2) is 0 Å². The van der Waals surface area contributed by atoms with Crippen molar-refractivity contribution >= 4 is 5.91 Å². The minimum Gasteiger partial charge on any atom is -0.336 e. The predicted octanol–water partition coefficient (Wildman–Crippen LogP) is 3.62. The number of amides is 1. The minimum absolute atomic E-state index is 0.0803. The van der Waals surface area contributed by atoms with Crippen molar-refractivity contribution in [1.82, 2.24) is 9.88 Å². The first-order valence-corrected chi connectivity index (χ1v) is 9.34. The number of pyridine rings is 1. The van der Waals surface area contributed by atoms with Crippen molar-refractivity contribution in [1.29, 1.82) is 5.26 Å². The summed E-state index contributed by atoms with van der Waals surface area (Å²) in [5.74, 6) is 0.0803. The third-order valence-corrected chi connectivity index (χ3v) is 5.15. The summed E-state index contributed by atoms with van der Waals surface area (Å²) in [6.07, 6.45) is 1.73. The van der Waals surface area contributed by atoms with Gasteiger partial charge in [0.2, 0.25) is 5.91 Å². The van der Waals surface area contributed by atoms with Crippen LogP contribution in [0.25, 0.3) is 0 Å². The summed E-state index contributed by atoms with van der Waals surface area (Å²) in [5.41, 5.74) is 3.14. The standard InChI is InChI=1S/C22H27N3O2/c1-5-15(2)25(14-18-9-7-6-8-10-18)21(26)12-11-19-16(3)20(13-23)22(27)24-17(19)4/h6-10,15H,5,11-12,14H2,1-4H3,(H,24,27). The number of hydrogen-bond donors (Lipinski definition) is 1. The molecule has 0 radical (unpaired) electrons. The molecule has 2 rings (SSSR count). The molecule has 5 heteroatoms. The molecule has 0 bridgehead atoms. The normalized spacial score (nSPS) is 11.7. The maximum absolute atomic E-state index is 13.0. The molecule has 0 aliphatic rings. The monoisotopic (exact) mass is 365 g/mol. The van der Waals surface area contributed by atoms with Gasteiger partial charge in [0.05, 0.1) is 0 Å². The summed E-state index contributed by atoms with van der Waals surface area (Å²) < 4.78 is 0. The lowest BCUT2D eigenvalue weighted by atomic mass is 9.98. The molecule has 0 fully saturated rings. The number of aryl methyl sites for hydroxylation is 1. The topological polar surface area (TPSA) is 77.0 Å². The summed E-state index contributed by atoms with van der Waals surface area (Å²) in [4.78, 5) is 29.5. The van der Waals surface area contributed by atoms with Crippen LogP contribution in [0.15, 0.2) is 35.1 Å². The highest BCUT2D eigenvalue weighted by atomic mass is 16.2. The molecule has 27 heavy (non-hydrogen) atoms. The molecular formula is C22H27N3O2. The molecule has 0 saturated carbocycles. The van der Waals surface area contributed by atoms with Crippen molar-refractivity contribution in [3.05, 3.63) is 68.6 Å². The summed E-state index contributed by atoms with van der Waals surface area (Å²) in [5, 5.41) is 9.20. The molecule has 0 saturated heterocycles. The van der Waals surface area contributed by atoms with E-state index in [1.54, 1.807) is 6.92 Å². The first kappa shape index (κ1) is 20.4. The number of nitrogens with one attached hydrogen (secondary N) is 1. The van der Waals surface area contributed by atoms with E-state index < -0.39 is 0 Å². The van der Waals surface area contributed by atoms with Crippen LogP contribution in [0.3, 0.4) is 0 Å². The lowest BCUT2D eigenvalue weighted by Gasteiger charge is -2.29. The first-order chi connectivity index (χ1) is 12.9. The van der Waals surface area contributed by atoms with E-state index in [1.807, 2.05) is 48.2 Å². The average Bonchev–Trinajstić information content (AvgIpc) is 2.66. The zero-order valence-electron chi connectivity index (χ0n) is 16.5. The van der Waals surface area contributed by atoms with E-state index in [0.29, 0.717) is 24.9 Å². The average molecular weight is 365 g/mol. The van der Waals surface area contributed by atoms with E-state index in [-0.39, 0.29) is 23.1 Å². The van der Waals surface area contributed by atoms with Gasteiger partial charge in [-0.3, -0.25) is 9.59 Å². The number of nitrogens with zero attached hydrogens (tertiary/aromatic N) is 2. The van der Waals surface area contributed by atoms with Gasteiger partial charge >= 0.3 is 0 Å². The third kappa shape index (κ3) is 4.85. The maximum atomic E-state index is 13.0. The number of aromatic nitrogens is 1. The number of carbonyl (C=O) groups is 1. The molecule has 1 aromatic heterocycles. The molecule has 1 atom stereocenters. The second kappa shape index (κ2) is 9.18. The van der Waals surface area contributed by atoms with Gasteiger partial charge in [0.1, 0.15) is 11.6 Å².